The quantitative estimate of drug-likeness (QED) is 0.853. The van der Waals surface area contributed by atoms with Crippen molar-refractivity contribution >= 4 is 0 Å². The molecule has 2 N–H and O–H groups in total. The summed E-state index contributed by atoms with van der Waals surface area (Å²) in [7, 11) is 1.66. The highest BCUT2D eigenvalue weighted by Gasteiger charge is 2.28. The minimum Gasteiger partial charge on any atom is -0.493 e. The molecule has 0 amide bonds. The van der Waals surface area contributed by atoms with Crippen molar-refractivity contribution in [2.24, 2.45) is 5.73 Å². The van der Waals surface area contributed by atoms with Gasteiger partial charge in [0.15, 0.2) is 11.5 Å². The van der Waals surface area contributed by atoms with E-state index >= 15 is 0 Å². The van der Waals surface area contributed by atoms with Gasteiger partial charge in [0.25, 0.3) is 0 Å². The fraction of sp³-hybridized carbons (Fsp3) is 0.571. The van der Waals surface area contributed by atoms with Crippen molar-refractivity contribution in [3.63, 3.8) is 0 Å². The van der Waals surface area contributed by atoms with Crippen molar-refractivity contribution in [2.45, 2.75) is 37.6 Å². The van der Waals surface area contributed by atoms with E-state index in [1.165, 1.54) is 12.8 Å². The number of hydrogen-bond acceptors (Lipinski definition) is 3. The van der Waals surface area contributed by atoms with Gasteiger partial charge in [0.2, 0.25) is 0 Å². The Morgan fingerprint density at radius 1 is 1.18 bits per heavy atom. The fourth-order valence-electron chi connectivity index (χ4n) is 2.43. The molecule has 3 nitrogen and oxygen atoms in total. The van der Waals surface area contributed by atoms with Gasteiger partial charge in [0.05, 0.1) is 13.7 Å². The summed E-state index contributed by atoms with van der Waals surface area (Å²) in [6.45, 7) is 0.664. The molecule has 0 atom stereocenters. The van der Waals surface area contributed by atoms with E-state index in [2.05, 4.69) is 0 Å². The first kappa shape index (κ1) is 12.2. The van der Waals surface area contributed by atoms with Crippen LogP contribution in [0.3, 0.4) is 0 Å². The molecule has 1 aliphatic rings. The Bertz CT molecular complexity index is 359. The van der Waals surface area contributed by atoms with E-state index < -0.39 is 0 Å². The predicted octanol–water partition coefficient (Wildman–Crippen LogP) is 2.74. The number of methoxy groups -OCH3 is 1. The lowest BCUT2D eigenvalue weighted by molar-refractivity contribution is 0.248. The number of hydrogen-bond donors (Lipinski definition) is 1. The standard InChI is InChI=1S/C14H21NO2/c1-16-12-6-2-3-7-13(12)17-11-10-14(15)8-4-5-9-14/h2-3,6-7H,4-5,8-11,15H2,1H3. The number of nitrogens with two attached hydrogens (primary N) is 1. The van der Waals surface area contributed by atoms with E-state index in [1.807, 2.05) is 24.3 Å². The summed E-state index contributed by atoms with van der Waals surface area (Å²) in [5, 5.41) is 0. The Morgan fingerprint density at radius 3 is 2.47 bits per heavy atom. The van der Waals surface area contributed by atoms with Crippen LogP contribution >= 0.6 is 0 Å². The molecule has 2 rings (SSSR count). The van der Waals surface area contributed by atoms with Gasteiger partial charge in [-0.2, -0.15) is 0 Å². The van der Waals surface area contributed by atoms with E-state index in [-0.39, 0.29) is 5.54 Å². The zero-order valence-corrected chi connectivity index (χ0v) is 10.4. The fourth-order valence-corrected chi connectivity index (χ4v) is 2.43. The second-order valence-electron chi connectivity index (χ2n) is 4.82. The zero-order chi connectivity index (χ0) is 12.1. The lowest BCUT2D eigenvalue weighted by atomic mass is 9.95. The Labute approximate surface area is 103 Å². The molecule has 0 saturated heterocycles. The molecule has 1 aromatic rings. The van der Waals surface area contributed by atoms with Crippen LogP contribution in [0.25, 0.3) is 0 Å². The van der Waals surface area contributed by atoms with Gasteiger partial charge in [-0.05, 0) is 31.4 Å². The van der Waals surface area contributed by atoms with E-state index in [4.69, 9.17) is 15.2 Å². The minimum atomic E-state index is 0.00200. The highest BCUT2D eigenvalue weighted by atomic mass is 16.5. The molecular formula is C14H21NO2. The second-order valence-corrected chi connectivity index (χ2v) is 4.82. The third-order valence-electron chi connectivity index (χ3n) is 3.53. The van der Waals surface area contributed by atoms with E-state index in [0.29, 0.717) is 6.61 Å². The molecule has 0 heterocycles. The lowest BCUT2D eigenvalue weighted by Gasteiger charge is -2.23. The third-order valence-corrected chi connectivity index (χ3v) is 3.53. The summed E-state index contributed by atoms with van der Waals surface area (Å²) in [5.74, 6) is 1.58. The third kappa shape index (κ3) is 3.13. The summed E-state index contributed by atoms with van der Waals surface area (Å²) in [6, 6.07) is 7.72. The number of rotatable bonds is 5. The molecule has 0 unspecified atom stereocenters. The SMILES string of the molecule is COc1ccccc1OCCC1(N)CCCC1. The smallest absolute Gasteiger partial charge is 0.161 e. The maximum absolute atomic E-state index is 6.28. The van der Waals surface area contributed by atoms with Crippen molar-refractivity contribution in [1.82, 2.24) is 0 Å². The normalized spacial score (nSPS) is 18.0. The predicted molar refractivity (Wildman–Crippen MR) is 68.5 cm³/mol. The van der Waals surface area contributed by atoms with Gasteiger partial charge < -0.3 is 15.2 Å². The molecule has 17 heavy (non-hydrogen) atoms. The number of benzene rings is 1. The number of para-hydroxylation sites is 2. The molecule has 0 spiro atoms. The van der Waals surface area contributed by atoms with Gasteiger partial charge in [-0.25, -0.2) is 0 Å². The van der Waals surface area contributed by atoms with Crippen LogP contribution in [0.1, 0.15) is 32.1 Å². The molecule has 1 fully saturated rings. The lowest BCUT2D eigenvalue weighted by Crippen LogP contribution is -2.37. The van der Waals surface area contributed by atoms with Gasteiger partial charge in [-0.15, -0.1) is 0 Å². The van der Waals surface area contributed by atoms with Crippen LogP contribution in [0, 0.1) is 0 Å². The van der Waals surface area contributed by atoms with Crippen LogP contribution in [-0.4, -0.2) is 19.3 Å². The molecule has 0 aliphatic heterocycles. The molecule has 1 aromatic carbocycles. The van der Waals surface area contributed by atoms with Crippen LogP contribution in [-0.2, 0) is 0 Å². The van der Waals surface area contributed by atoms with Crippen LogP contribution in [0.5, 0.6) is 11.5 Å². The molecule has 1 aliphatic carbocycles. The van der Waals surface area contributed by atoms with Crippen molar-refractivity contribution in [3.8, 4) is 11.5 Å². The summed E-state index contributed by atoms with van der Waals surface area (Å²) in [5.41, 5.74) is 6.28. The van der Waals surface area contributed by atoms with E-state index in [9.17, 15) is 0 Å². The Hall–Kier alpha value is -1.22. The van der Waals surface area contributed by atoms with Crippen molar-refractivity contribution in [2.75, 3.05) is 13.7 Å². The van der Waals surface area contributed by atoms with Crippen LogP contribution in [0.4, 0.5) is 0 Å². The maximum Gasteiger partial charge on any atom is 0.161 e. The van der Waals surface area contributed by atoms with Gasteiger partial charge in [-0.1, -0.05) is 25.0 Å². The highest BCUT2D eigenvalue weighted by molar-refractivity contribution is 5.39. The van der Waals surface area contributed by atoms with Gasteiger partial charge in [-0.3, -0.25) is 0 Å². The first-order chi connectivity index (χ1) is 8.23. The molecule has 3 heteroatoms. The molecule has 94 valence electrons. The van der Waals surface area contributed by atoms with Gasteiger partial charge >= 0.3 is 0 Å². The molecule has 0 bridgehead atoms. The monoisotopic (exact) mass is 235 g/mol. The highest BCUT2D eigenvalue weighted by Crippen LogP contribution is 2.31. The second kappa shape index (κ2) is 5.41. The summed E-state index contributed by atoms with van der Waals surface area (Å²) in [4.78, 5) is 0. The Kier molecular flexibility index (Phi) is 3.89. The minimum absolute atomic E-state index is 0.00200. The Morgan fingerprint density at radius 2 is 1.82 bits per heavy atom. The largest absolute Gasteiger partial charge is 0.493 e. The van der Waals surface area contributed by atoms with Gasteiger partial charge in [0, 0.05) is 5.54 Å². The molecular weight excluding hydrogens is 214 g/mol. The average molecular weight is 235 g/mol. The number of ether oxygens (including phenoxy) is 2. The van der Waals surface area contributed by atoms with Crippen LogP contribution < -0.4 is 15.2 Å². The van der Waals surface area contributed by atoms with Crippen molar-refractivity contribution in [1.29, 1.82) is 0 Å². The van der Waals surface area contributed by atoms with E-state index in [1.54, 1.807) is 7.11 Å². The van der Waals surface area contributed by atoms with E-state index in [0.717, 1.165) is 30.8 Å². The summed E-state index contributed by atoms with van der Waals surface area (Å²) >= 11 is 0. The van der Waals surface area contributed by atoms with Crippen molar-refractivity contribution < 1.29 is 9.47 Å². The summed E-state index contributed by atoms with van der Waals surface area (Å²) in [6.07, 6.45) is 5.69. The zero-order valence-electron chi connectivity index (χ0n) is 10.4. The summed E-state index contributed by atoms with van der Waals surface area (Å²) < 4.78 is 11.0. The topological polar surface area (TPSA) is 44.5 Å². The maximum atomic E-state index is 6.28. The average Bonchev–Trinajstić information content (AvgIpc) is 2.77. The molecule has 1 saturated carbocycles. The molecule has 0 radical (unpaired) electrons. The van der Waals surface area contributed by atoms with Crippen LogP contribution in [0.2, 0.25) is 0 Å². The van der Waals surface area contributed by atoms with Crippen LogP contribution in [0.15, 0.2) is 24.3 Å². The first-order valence-corrected chi connectivity index (χ1v) is 6.28. The Balaban J connectivity index is 1.85. The first-order valence-electron chi connectivity index (χ1n) is 6.28. The van der Waals surface area contributed by atoms with Gasteiger partial charge in [0.1, 0.15) is 0 Å². The van der Waals surface area contributed by atoms with Crippen molar-refractivity contribution in [3.05, 3.63) is 24.3 Å². The molecule has 0 aromatic heterocycles.